The fourth-order valence-corrected chi connectivity index (χ4v) is 5.61. The van der Waals surface area contributed by atoms with Crippen molar-refractivity contribution in [3.05, 3.63) is 135 Å². The van der Waals surface area contributed by atoms with Gasteiger partial charge >= 0.3 is 0 Å². The molecule has 0 spiro atoms. The van der Waals surface area contributed by atoms with Gasteiger partial charge in [0.05, 0.1) is 15.4 Å². The molecule has 1 atom stereocenters. The van der Waals surface area contributed by atoms with E-state index in [0.29, 0.717) is 17.6 Å². The zero-order valence-electron chi connectivity index (χ0n) is 16.0. The smallest absolute Gasteiger partial charge is 0.258 e. The van der Waals surface area contributed by atoms with Crippen LogP contribution in [-0.2, 0) is 9.84 Å². The van der Waals surface area contributed by atoms with Gasteiger partial charge < -0.3 is 0 Å². The molecule has 4 rings (SSSR count). The molecule has 5 nitrogen and oxygen atoms in total. The summed E-state index contributed by atoms with van der Waals surface area (Å²) >= 11 is 0. The molecule has 0 N–H and O–H groups in total. The number of nitrogens with zero attached hydrogens (tertiary/aromatic N) is 1. The maximum absolute atomic E-state index is 13.7. The Hall–Kier alpha value is -3.51. The summed E-state index contributed by atoms with van der Waals surface area (Å²) in [6.07, 6.45) is 10.9. The van der Waals surface area contributed by atoms with Crippen LogP contribution < -0.4 is 0 Å². The average Bonchev–Trinajstić information content (AvgIpc) is 3.08. The quantitative estimate of drug-likeness (QED) is 0.500. The first kappa shape index (κ1) is 19.8. The van der Waals surface area contributed by atoms with Crippen molar-refractivity contribution in [1.82, 2.24) is 0 Å². The fraction of sp³-hybridized carbons (Fsp3) is 0.0833. The highest BCUT2D eigenvalue weighted by Gasteiger charge is 2.38. The van der Waals surface area contributed by atoms with E-state index in [9.17, 15) is 18.5 Å². The number of rotatable bonds is 5. The van der Waals surface area contributed by atoms with Crippen molar-refractivity contribution < 1.29 is 13.3 Å². The number of sulfone groups is 1. The molecule has 150 valence electrons. The van der Waals surface area contributed by atoms with Crippen molar-refractivity contribution >= 4 is 9.84 Å². The van der Waals surface area contributed by atoms with Gasteiger partial charge in [-0.3, -0.25) is 10.1 Å². The molecular weight excluding hydrogens is 398 g/mol. The maximum Gasteiger partial charge on any atom is 0.277 e. The lowest BCUT2D eigenvalue weighted by Gasteiger charge is -2.20. The van der Waals surface area contributed by atoms with Crippen molar-refractivity contribution in [3.63, 3.8) is 0 Å². The van der Waals surface area contributed by atoms with E-state index in [0.717, 1.165) is 5.57 Å². The van der Waals surface area contributed by atoms with Crippen LogP contribution in [0.4, 0.5) is 0 Å². The molecule has 2 aromatic rings. The summed E-state index contributed by atoms with van der Waals surface area (Å²) in [7, 11) is -3.95. The van der Waals surface area contributed by atoms with Crippen LogP contribution in [0.1, 0.15) is 17.2 Å². The second-order valence-corrected chi connectivity index (χ2v) is 9.07. The van der Waals surface area contributed by atoms with Crippen LogP contribution in [0.15, 0.2) is 124 Å². The van der Waals surface area contributed by atoms with Crippen LogP contribution >= 0.6 is 0 Å². The van der Waals surface area contributed by atoms with E-state index in [1.54, 1.807) is 72.8 Å². The lowest BCUT2D eigenvalue weighted by molar-refractivity contribution is -0.422. The number of allylic oxidation sites excluding steroid dienone is 8. The van der Waals surface area contributed by atoms with Crippen LogP contribution in [0, 0.1) is 10.1 Å². The molecule has 2 aliphatic rings. The Morgan fingerprint density at radius 2 is 1.50 bits per heavy atom. The minimum absolute atomic E-state index is 0.125. The number of hydrogen-bond acceptors (Lipinski definition) is 4. The molecule has 2 bridgehead atoms. The number of fused-ring (bicyclic) bond motifs is 2. The van der Waals surface area contributed by atoms with Gasteiger partial charge in [0.1, 0.15) is 5.25 Å². The molecule has 2 aliphatic carbocycles. The molecule has 2 aromatic carbocycles. The van der Waals surface area contributed by atoms with E-state index in [4.69, 9.17) is 0 Å². The number of hydrogen-bond donors (Lipinski definition) is 0. The van der Waals surface area contributed by atoms with E-state index >= 15 is 0 Å². The van der Waals surface area contributed by atoms with Crippen LogP contribution in [-0.4, -0.2) is 13.3 Å². The summed E-state index contributed by atoms with van der Waals surface area (Å²) in [4.78, 5) is 11.8. The van der Waals surface area contributed by atoms with Gasteiger partial charge in [0.2, 0.25) is 0 Å². The van der Waals surface area contributed by atoms with Gasteiger partial charge in [-0.25, -0.2) is 8.42 Å². The minimum Gasteiger partial charge on any atom is -0.258 e. The molecule has 0 aromatic heterocycles. The summed E-state index contributed by atoms with van der Waals surface area (Å²) in [6, 6.07) is 16.7. The Kier molecular flexibility index (Phi) is 5.33. The van der Waals surface area contributed by atoms with Crippen LogP contribution in [0.5, 0.6) is 0 Å². The van der Waals surface area contributed by atoms with Crippen molar-refractivity contribution in [1.29, 1.82) is 0 Å². The van der Waals surface area contributed by atoms with Gasteiger partial charge in [-0.1, -0.05) is 85.0 Å². The van der Waals surface area contributed by atoms with E-state index in [1.807, 2.05) is 12.2 Å². The van der Waals surface area contributed by atoms with E-state index < -0.39 is 20.0 Å². The van der Waals surface area contributed by atoms with Gasteiger partial charge in [0, 0.05) is 12.0 Å². The van der Waals surface area contributed by atoms with Crippen LogP contribution in [0.3, 0.4) is 0 Å². The second-order valence-electron chi connectivity index (χ2n) is 7.04. The first-order valence-corrected chi connectivity index (χ1v) is 11.0. The summed E-state index contributed by atoms with van der Waals surface area (Å²) in [5.74, 6) is 0. The SMILES string of the molecule is O=[N+]([O-])C1=C(C(c2ccccc2)S(=O)(=O)c2ccccc2)C=CC2=CC=CC=C1C2. The summed E-state index contributed by atoms with van der Waals surface area (Å²) in [5, 5.41) is 11.0. The van der Waals surface area contributed by atoms with Crippen molar-refractivity contribution in [2.24, 2.45) is 0 Å². The van der Waals surface area contributed by atoms with Crippen molar-refractivity contribution in [2.45, 2.75) is 16.6 Å². The normalized spacial score (nSPS) is 16.9. The Morgan fingerprint density at radius 3 is 2.17 bits per heavy atom. The predicted molar refractivity (Wildman–Crippen MR) is 116 cm³/mol. The number of benzene rings is 2. The molecule has 0 saturated heterocycles. The zero-order chi connectivity index (χ0) is 21.1. The molecule has 0 radical (unpaired) electrons. The highest BCUT2D eigenvalue weighted by atomic mass is 32.2. The average molecular weight is 417 g/mol. The summed E-state index contributed by atoms with van der Waals surface area (Å²) in [5.41, 5.74) is 1.87. The third kappa shape index (κ3) is 3.69. The molecule has 30 heavy (non-hydrogen) atoms. The molecule has 0 heterocycles. The molecule has 0 saturated carbocycles. The largest absolute Gasteiger partial charge is 0.277 e. The first-order chi connectivity index (χ1) is 14.5. The third-order valence-electron chi connectivity index (χ3n) is 5.12. The van der Waals surface area contributed by atoms with E-state index in [-0.39, 0.29) is 16.2 Å². The fourth-order valence-electron chi connectivity index (χ4n) is 3.76. The predicted octanol–water partition coefficient (Wildman–Crippen LogP) is 5.11. The molecule has 0 fully saturated rings. The first-order valence-electron chi connectivity index (χ1n) is 9.46. The van der Waals surface area contributed by atoms with E-state index in [2.05, 4.69) is 0 Å². The molecule has 0 amide bonds. The van der Waals surface area contributed by atoms with Crippen LogP contribution in [0.2, 0.25) is 0 Å². The van der Waals surface area contributed by atoms with Crippen molar-refractivity contribution in [3.8, 4) is 0 Å². The lowest BCUT2D eigenvalue weighted by Crippen LogP contribution is -2.19. The Morgan fingerprint density at radius 1 is 0.867 bits per heavy atom. The van der Waals surface area contributed by atoms with Gasteiger partial charge in [-0.15, -0.1) is 0 Å². The second kappa shape index (κ2) is 8.08. The highest BCUT2D eigenvalue weighted by molar-refractivity contribution is 7.92. The van der Waals surface area contributed by atoms with Gasteiger partial charge in [0.15, 0.2) is 9.84 Å². The monoisotopic (exact) mass is 417 g/mol. The lowest BCUT2D eigenvalue weighted by atomic mass is 9.98. The Bertz CT molecular complexity index is 1230. The topological polar surface area (TPSA) is 77.3 Å². The molecular formula is C24H19NO4S. The van der Waals surface area contributed by atoms with Gasteiger partial charge in [-0.2, -0.15) is 0 Å². The maximum atomic E-state index is 13.7. The Labute approximate surface area is 175 Å². The summed E-state index contributed by atoms with van der Waals surface area (Å²) in [6.45, 7) is 0. The number of nitro groups is 1. The summed E-state index contributed by atoms with van der Waals surface area (Å²) < 4.78 is 27.5. The zero-order valence-corrected chi connectivity index (χ0v) is 16.8. The highest BCUT2D eigenvalue weighted by Crippen LogP contribution is 2.41. The Balaban J connectivity index is 2.03. The van der Waals surface area contributed by atoms with E-state index in [1.165, 1.54) is 12.1 Å². The van der Waals surface area contributed by atoms with Gasteiger partial charge in [-0.05, 0) is 23.3 Å². The molecule has 1 unspecified atom stereocenters. The molecule has 6 heteroatoms. The third-order valence-corrected chi connectivity index (χ3v) is 7.19. The van der Waals surface area contributed by atoms with Crippen molar-refractivity contribution in [2.75, 3.05) is 0 Å². The van der Waals surface area contributed by atoms with Crippen LogP contribution in [0.25, 0.3) is 0 Å². The minimum atomic E-state index is -3.95. The standard InChI is InChI=1S/C24H19NO4S/c26-25(27)23-20-12-8-7-9-18(17-20)15-16-22(23)24(19-10-3-1-4-11-19)30(28,29)21-13-5-2-6-14-21/h1-16,24H,17H2. The molecule has 0 aliphatic heterocycles. The van der Waals surface area contributed by atoms with Gasteiger partial charge in [0.25, 0.3) is 5.70 Å².